The monoisotopic (exact) mass is 232 g/mol. The van der Waals surface area contributed by atoms with E-state index in [1.807, 2.05) is 0 Å². The molecular formula is C8H7F3N4O. The van der Waals surface area contributed by atoms with Crippen LogP contribution < -0.4 is 0 Å². The third kappa shape index (κ3) is 2.11. The number of H-pyrrole nitrogens is 1. The van der Waals surface area contributed by atoms with E-state index in [-0.39, 0.29) is 11.5 Å². The van der Waals surface area contributed by atoms with E-state index in [2.05, 4.69) is 19.9 Å². The summed E-state index contributed by atoms with van der Waals surface area (Å²) in [6, 6.07) is 0. The molecule has 2 aromatic heterocycles. The molecule has 0 amide bonds. The van der Waals surface area contributed by atoms with Crippen LogP contribution in [0.4, 0.5) is 13.2 Å². The minimum atomic E-state index is -4.65. The van der Waals surface area contributed by atoms with E-state index in [9.17, 15) is 13.2 Å². The van der Waals surface area contributed by atoms with Crippen LogP contribution in [-0.2, 0) is 6.42 Å². The lowest BCUT2D eigenvalue weighted by molar-refractivity contribution is -0.203. The van der Waals surface area contributed by atoms with E-state index in [1.54, 1.807) is 0 Å². The Hall–Kier alpha value is -1.70. The van der Waals surface area contributed by atoms with E-state index in [0.29, 0.717) is 5.52 Å². The van der Waals surface area contributed by atoms with Gasteiger partial charge in [-0.3, -0.25) is 0 Å². The Balaban J connectivity index is 2.22. The number of nitrogens with one attached hydrogen (secondary N) is 1. The number of fused-ring (bicyclic) bond motifs is 1. The molecule has 1 atom stereocenters. The average Bonchev–Trinajstić information content (AvgIpc) is 2.58. The standard InChI is InChI=1S/C8H7F3N4O/c9-8(10,11)5(16)1-6-14-4-2-12-3-13-7(4)15-6/h2-3,5,16H,1H2,(H,12,13,14,15). The van der Waals surface area contributed by atoms with Crippen molar-refractivity contribution < 1.29 is 18.3 Å². The van der Waals surface area contributed by atoms with Crippen molar-refractivity contribution in [2.24, 2.45) is 0 Å². The first kappa shape index (κ1) is 10.8. The Morgan fingerprint density at radius 3 is 2.81 bits per heavy atom. The van der Waals surface area contributed by atoms with Gasteiger partial charge < -0.3 is 10.1 Å². The number of hydrogen-bond acceptors (Lipinski definition) is 4. The maximum absolute atomic E-state index is 12.1. The maximum atomic E-state index is 12.1. The molecule has 2 N–H and O–H groups in total. The lowest BCUT2D eigenvalue weighted by Gasteiger charge is -2.12. The molecular weight excluding hydrogens is 225 g/mol. The summed E-state index contributed by atoms with van der Waals surface area (Å²) in [4.78, 5) is 13.8. The van der Waals surface area contributed by atoms with Gasteiger partial charge in [0.15, 0.2) is 11.8 Å². The fourth-order valence-corrected chi connectivity index (χ4v) is 1.21. The molecule has 0 aliphatic rings. The van der Waals surface area contributed by atoms with Gasteiger partial charge in [0.25, 0.3) is 0 Å². The van der Waals surface area contributed by atoms with Gasteiger partial charge in [0.2, 0.25) is 0 Å². The fourth-order valence-electron chi connectivity index (χ4n) is 1.21. The number of alkyl halides is 3. The highest BCUT2D eigenvalue weighted by Gasteiger charge is 2.38. The predicted molar refractivity (Wildman–Crippen MR) is 47.4 cm³/mol. The van der Waals surface area contributed by atoms with Crippen molar-refractivity contribution in [2.45, 2.75) is 18.7 Å². The van der Waals surface area contributed by atoms with Gasteiger partial charge in [-0.15, -0.1) is 0 Å². The molecule has 0 aliphatic carbocycles. The van der Waals surface area contributed by atoms with Crippen LogP contribution >= 0.6 is 0 Å². The van der Waals surface area contributed by atoms with Gasteiger partial charge in [-0.25, -0.2) is 15.0 Å². The van der Waals surface area contributed by atoms with Crippen LogP contribution in [0.2, 0.25) is 0 Å². The van der Waals surface area contributed by atoms with Crippen molar-refractivity contribution in [3.05, 3.63) is 18.3 Å². The number of halogens is 3. The Labute approximate surface area is 87.4 Å². The molecule has 0 spiro atoms. The molecule has 0 aliphatic heterocycles. The Morgan fingerprint density at radius 1 is 1.44 bits per heavy atom. The summed E-state index contributed by atoms with van der Waals surface area (Å²) in [5.41, 5.74) is 0.714. The minimum absolute atomic E-state index is 0.0281. The molecule has 5 nitrogen and oxygen atoms in total. The van der Waals surface area contributed by atoms with Crippen LogP contribution in [-0.4, -0.2) is 37.3 Å². The molecule has 2 heterocycles. The van der Waals surface area contributed by atoms with E-state index in [0.717, 1.165) is 0 Å². The topological polar surface area (TPSA) is 74.7 Å². The summed E-state index contributed by atoms with van der Waals surface area (Å²) < 4.78 is 36.2. The number of aromatic amines is 1. The van der Waals surface area contributed by atoms with Gasteiger partial charge in [-0.2, -0.15) is 13.2 Å². The number of rotatable bonds is 2. The normalized spacial score (nSPS) is 14.2. The number of nitrogens with zero attached hydrogens (tertiary/aromatic N) is 3. The molecule has 1 unspecified atom stereocenters. The number of hydrogen-bond donors (Lipinski definition) is 2. The third-order valence-electron chi connectivity index (χ3n) is 1.98. The Kier molecular flexibility index (Phi) is 2.50. The first-order valence-electron chi connectivity index (χ1n) is 4.36. The fraction of sp³-hybridized carbons (Fsp3) is 0.375. The highest BCUT2D eigenvalue weighted by atomic mass is 19.4. The van der Waals surface area contributed by atoms with E-state index in [4.69, 9.17) is 5.11 Å². The second-order valence-electron chi connectivity index (χ2n) is 3.21. The number of aliphatic hydroxyl groups is 1. The molecule has 16 heavy (non-hydrogen) atoms. The highest BCUT2D eigenvalue weighted by molar-refractivity contribution is 5.68. The molecule has 2 rings (SSSR count). The van der Waals surface area contributed by atoms with Crippen LogP contribution in [0, 0.1) is 0 Å². The summed E-state index contributed by atoms with van der Waals surface area (Å²) in [6.45, 7) is 0. The molecule has 86 valence electrons. The lowest BCUT2D eigenvalue weighted by Crippen LogP contribution is -2.30. The van der Waals surface area contributed by atoms with Crippen molar-refractivity contribution in [2.75, 3.05) is 0 Å². The van der Waals surface area contributed by atoms with Crippen molar-refractivity contribution in [1.29, 1.82) is 0 Å². The maximum Gasteiger partial charge on any atom is 0.414 e. The first-order valence-corrected chi connectivity index (χ1v) is 4.36. The molecule has 2 aromatic rings. The zero-order chi connectivity index (χ0) is 11.8. The molecule has 0 radical (unpaired) electrons. The quantitative estimate of drug-likeness (QED) is 0.803. The van der Waals surface area contributed by atoms with Gasteiger partial charge in [0, 0.05) is 6.42 Å². The zero-order valence-electron chi connectivity index (χ0n) is 7.86. The second kappa shape index (κ2) is 3.71. The van der Waals surface area contributed by atoms with E-state index < -0.39 is 18.7 Å². The summed E-state index contributed by atoms with van der Waals surface area (Å²) >= 11 is 0. The summed E-state index contributed by atoms with van der Waals surface area (Å²) in [6.07, 6.45) is -5.06. The van der Waals surface area contributed by atoms with Crippen molar-refractivity contribution in [3.63, 3.8) is 0 Å². The third-order valence-corrected chi connectivity index (χ3v) is 1.98. The predicted octanol–water partition coefficient (Wildman–Crippen LogP) is 0.819. The summed E-state index contributed by atoms with van der Waals surface area (Å²) in [7, 11) is 0. The highest BCUT2D eigenvalue weighted by Crippen LogP contribution is 2.22. The Morgan fingerprint density at radius 2 is 2.19 bits per heavy atom. The van der Waals surface area contributed by atoms with Gasteiger partial charge in [0.05, 0.1) is 6.20 Å². The van der Waals surface area contributed by atoms with Crippen molar-refractivity contribution in [3.8, 4) is 0 Å². The first-order chi connectivity index (χ1) is 7.47. The number of aliphatic hydroxyl groups excluding tert-OH is 1. The molecule has 8 heteroatoms. The largest absolute Gasteiger partial charge is 0.414 e. The molecule has 0 saturated carbocycles. The van der Waals surface area contributed by atoms with Crippen molar-refractivity contribution in [1.82, 2.24) is 19.9 Å². The average molecular weight is 232 g/mol. The van der Waals surface area contributed by atoms with Crippen LogP contribution in [0.15, 0.2) is 12.5 Å². The van der Waals surface area contributed by atoms with Crippen LogP contribution in [0.1, 0.15) is 5.82 Å². The molecule has 0 saturated heterocycles. The number of aromatic nitrogens is 4. The smallest absolute Gasteiger partial charge is 0.383 e. The van der Waals surface area contributed by atoms with Crippen LogP contribution in [0.25, 0.3) is 11.2 Å². The zero-order valence-corrected chi connectivity index (χ0v) is 7.86. The van der Waals surface area contributed by atoms with Gasteiger partial charge in [-0.05, 0) is 0 Å². The Bertz CT molecular complexity index is 462. The molecule has 0 fully saturated rings. The van der Waals surface area contributed by atoms with Gasteiger partial charge in [-0.1, -0.05) is 0 Å². The second-order valence-corrected chi connectivity index (χ2v) is 3.21. The van der Waals surface area contributed by atoms with Crippen molar-refractivity contribution >= 4 is 11.2 Å². The van der Waals surface area contributed by atoms with Gasteiger partial charge in [0.1, 0.15) is 17.7 Å². The lowest BCUT2D eigenvalue weighted by atomic mass is 10.2. The van der Waals surface area contributed by atoms with Crippen LogP contribution in [0.5, 0.6) is 0 Å². The minimum Gasteiger partial charge on any atom is -0.383 e. The molecule has 0 bridgehead atoms. The number of imidazole rings is 1. The molecule has 0 aromatic carbocycles. The van der Waals surface area contributed by atoms with E-state index >= 15 is 0 Å². The van der Waals surface area contributed by atoms with Crippen LogP contribution in [0.3, 0.4) is 0 Å². The summed E-state index contributed by atoms with van der Waals surface area (Å²) in [5, 5.41) is 8.84. The SMILES string of the molecule is OC(Cc1nc2ncncc2[nH]1)C(F)(F)F. The van der Waals surface area contributed by atoms with E-state index in [1.165, 1.54) is 12.5 Å². The summed E-state index contributed by atoms with van der Waals surface area (Å²) in [5.74, 6) is 0.0281. The van der Waals surface area contributed by atoms with Gasteiger partial charge >= 0.3 is 6.18 Å².